The highest BCUT2D eigenvalue weighted by molar-refractivity contribution is 4.79. The summed E-state index contributed by atoms with van der Waals surface area (Å²) in [5.41, 5.74) is 0. The molecule has 84 valence electrons. The van der Waals surface area contributed by atoms with Crippen LogP contribution in [0.4, 0.5) is 0 Å². The molecule has 2 N–H and O–H groups in total. The van der Waals surface area contributed by atoms with Gasteiger partial charge < -0.3 is 10.4 Å². The lowest BCUT2D eigenvalue weighted by molar-refractivity contribution is 0.193. The van der Waals surface area contributed by atoms with Crippen LogP contribution in [0.3, 0.4) is 0 Å². The van der Waals surface area contributed by atoms with E-state index in [4.69, 9.17) is 5.11 Å². The zero-order valence-electron chi connectivity index (χ0n) is 9.47. The van der Waals surface area contributed by atoms with E-state index in [1.165, 1.54) is 44.9 Å². The minimum Gasteiger partial charge on any atom is -0.395 e. The van der Waals surface area contributed by atoms with E-state index in [1.807, 2.05) is 0 Å². The molecule has 0 bridgehead atoms. The first-order chi connectivity index (χ1) is 6.86. The minimum absolute atomic E-state index is 0.311. The molecule has 1 aliphatic rings. The molecular weight excluding hydrogens is 174 g/mol. The molecule has 1 aliphatic heterocycles. The Labute approximate surface area is 88.1 Å². The van der Waals surface area contributed by atoms with Crippen LogP contribution in [0, 0.1) is 0 Å². The van der Waals surface area contributed by atoms with E-state index >= 15 is 0 Å². The third kappa shape index (κ3) is 4.43. The van der Waals surface area contributed by atoms with E-state index in [0.29, 0.717) is 18.7 Å². The number of piperidine rings is 1. The molecule has 1 rings (SSSR count). The first-order valence-corrected chi connectivity index (χ1v) is 6.23. The predicted octanol–water partition coefficient (Wildman–Crippen LogP) is 2.46. The van der Waals surface area contributed by atoms with Crippen molar-refractivity contribution in [2.75, 3.05) is 6.61 Å². The van der Waals surface area contributed by atoms with Crippen molar-refractivity contribution in [2.45, 2.75) is 70.4 Å². The molecule has 0 radical (unpaired) electrons. The monoisotopic (exact) mass is 199 g/mol. The van der Waals surface area contributed by atoms with Crippen molar-refractivity contribution in [3.05, 3.63) is 0 Å². The summed E-state index contributed by atoms with van der Waals surface area (Å²) < 4.78 is 0. The largest absolute Gasteiger partial charge is 0.395 e. The second kappa shape index (κ2) is 7.24. The Morgan fingerprint density at radius 2 is 1.93 bits per heavy atom. The van der Waals surface area contributed by atoms with Crippen LogP contribution in [0.1, 0.15) is 58.3 Å². The number of nitrogens with one attached hydrogen (secondary N) is 1. The SMILES string of the molecule is CCCCCC[C@H]1CCC[C@@H](CO)N1. The van der Waals surface area contributed by atoms with Gasteiger partial charge in [-0.2, -0.15) is 0 Å². The van der Waals surface area contributed by atoms with E-state index in [1.54, 1.807) is 0 Å². The number of hydrogen-bond donors (Lipinski definition) is 2. The van der Waals surface area contributed by atoms with Crippen molar-refractivity contribution >= 4 is 0 Å². The highest BCUT2D eigenvalue weighted by Crippen LogP contribution is 2.17. The molecule has 1 fully saturated rings. The summed E-state index contributed by atoms with van der Waals surface area (Å²) in [7, 11) is 0. The zero-order chi connectivity index (χ0) is 10.2. The molecule has 0 aromatic rings. The van der Waals surface area contributed by atoms with Crippen LogP contribution >= 0.6 is 0 Å². The van der Waals surface area contributed by atoms with Crippen molar-refractivity contribution in [3.63, 3.8) is 0 Å². The highest BCUT2D eigenvalue weighted by Gasteiger charge is 2.19. The quantitative estimate of drug-likeness (QED) is 0.644. The molecular formula is C12H25NO. The van der Waals surface area contributed by atoms with Crippen LogP contribution in [0.15, 0.2) is 0 Å². The molecule has 0 aliphatic carbocycles. The van der Waals surface area contributed by atoms with E-state index < -0.39 is 0 Å². The van der Waals surface area contributed by atoms with Gasteiger partial charge in [-0.25, -0.2) is 0 Å². The van der Waals surface area contributed by atoms with Crippen molar-refractivity contribution in [1.82, 2.24) is 5.32 Å². The summed E-state index contributed by atoms with van der Waals surface area (Å²) in [6.07, 6.45) is 10.5. The number of aliphatic hydroxyl groups excluding tert-OH is 1. The van der Waals surface area contributed by atoms with Crippen LogP contribution in [-0.2, 0) is 0 Å². The fourth-order valence-electron chi connectivity index (χ4n) is 2.30. The van der Waals surface area contributed by atoms with Gasteiger partial charge in [-0.3, -0.25) is 0 Å². The number of rotatable bonds is 6. The molecule has 1 saturated heterocycles. The fourth-order valence-corrected chi connectivity index (χ4v) is 2.30. The topological polar surface area (TPSA) is 32.3 Å². The molecule has 1 heterocycles. The van der Waals surface area contributed by atoms with E-state index in [9.17, 15) is 0 Å². The molecule has 2 atom stereocenters. The smallest absolute Gasteiger partial charge is 0.0584 e. The Hall–Kier alpha value is -0.0800. The fraction of sp³-hybridized carbons (Fsp3) is 1.00. The standard InChI is InChI=1S/C12H25NO/c1-2-3-4-5-7-11-8-6-9-12(10-14)13-11/h11-14H,2-10H2,1H3/t11-,12-/m0/s1. The summed E-state index contributed by atoms with van der Waals surface area (Å²) >= 11 is 0. The lowest BCUT2D eigenvalue weighted by Gasteiger charge is -2.30. The zero-order valence-corrected chi connectivity index (χ0v) is 9.47. The molecule has 0 amide bonds. The molecule has 0 unspecified atom stereocenters. The van der Waals surface area contributed by atoms with Crippen molar-refractivity contribution < 1.29 is 5.11 Å². The Kier molecular flexibility index (Phi) is 6.20. The van der Waals surface area contributed by atoms with Gasteiger partial charge in [-0.1, -0.05) is 39.0 Å². The Balaban J connectivity index is 2.05. The highest BCUT2D eigenvalue weighted by atomic mass is 16.3. The maximum Gasteiger partial charge on any atom is 0.0584 e. The Morgan fingerprint density at radius 3 is 2.64 bits per heavy atom. The molecule has 0 spiro atoms. The molecule has 0 aromatic heterocycles. The minimum atomic E-state index is 0.311. The molecule has 2 nitrogen and oxygen atoms in total. The second-order valence-electron chi connectivity index (χ2n) is 4.52. The van der Waals surface area contributed by atoms with Gasteiger partial charge in [0, 0.05) is 12.1 Å². The summed E-state index contributed by atoms with van der Waals surface area (Å²) in [6.45, 7) is 2.56. The lowest BCUT2D eigenvalue weighted by Crippen LogP contribution is -2.44. The van der Waals surface area contributed by atoms with E-state index in [2.05, 4.69) is 12.2 Å². The van der Waals surface area contributed by atoms with Gasteiger partial charge in [0.2, 0.25) is 0 Å². The molecule has 0 aromatic carbocycles. The maximum absolute atomic E-state index is 9.06. The van der Waals surface area contributed by atoms with Crippen molar-refractivity contribution in [3.8, 4) is 0 Å². The Bertz CT molecular complexity index is 138. The molecule has 2 heteroatoms. The third-order valence-electron chi connectivity index (χ3n) is 3.20. The van der Waals surface area contributed by atoms with E-state index in [-0.39, 0.29) is 0 Å². The number of aliphatic hydroxyl groups is 1. The van der Waals surface area contributed by atoms with Gasteiger partial charge in [0.15, 0.2) is 0 Å². The summed E-state index contributed by atoms with van der Waals surface area (Å²) in [5, 5.41) is 12.6. The summed E-state index contributed by atoms with van der Waals surface area (Å²) in [6, 6.07) is 1.05. The Morgan fingerprint density at radius 1 is 1.14 bits per heavy atom. The summed E-state index contributed by atoms with van der Waals surface area (Å²) in [5.74, 6) is 0. The molecule has 14 heavy (non-hydrogen) atoms. The maximum atomic E-state index is 9.06. The number of hydrogen-bond acceptors (Lipinski definition) is 2. The van der Waals surface area contributed by atoms with Crippen molar-refractivity contribution in [2.24, 2.45) is 0 Å². The van der Waals surface area contributed by atoms with Gasteiger partial charge in [0.25, 0.3) is 0 Å². The first-order valence-electron chi connectivity index (χ1n) is 6.23. The predicted molar refractivity (Wildman–Crippen MR) is 60.4 cm³/mol. The van der Waals surface area contributed by atoms with Gasteiger partial charge in [0.05, 0.1) is 6.61 Å². The van der Waals surface area contributed by atoms with Crippen LogP contribution in [0.2, 0.25) is 0 Å². The van der Waals surface area contributed by atoms with Gasteiger partial charge in [-0.05, 0) is 19.3 Å². The van der Waals surface area contributed by atoms with Crippen molar-refractivity contribution in [1.29, 1.82) is 0 Å². The number of unbranched alkanes of at least 4 members (excludes halogenated alkanes) is 3. The average Bonchev–Trinajstić information content (AvgIpc) is 2.25. The van der Waals surface area contributed by atoms with Gasteiger partial charge in [-0.15, -0.1) is 0 Å². The van der Waals surface area contributed by atoms with Gasteiger partial charge >= 0.3 is 0 Å². The van der Waals surface area contributed by atoms with Crippen LogP contribution in [0.25, 0.3) is 0 Å². The van der Waals surface area contributed by atoms with Crippen LogP contribution in [0.5, 0.6) is 0 Å². The van der Waals surface area contributed by atoms with Crippen LogP contribution < -0.4 is 5.32 Å². The second-order valence-corrected chi connectivity index (χ2v) is 4.52. The van der Waals surface area contributed by atoms with E-state index in [0.717, 1.165) is 6.42 Å². The molecule has 0 saturated carbocycles. The normalized spacial score (nSPS) is 27.9. The average molecular weight is 199 g/mol. The third-order valence-corrected chi connectivity index (χ3v) is 3.20. The van der Waals surface area contributed by atoms with Gasteiger partial charge in [0.1, 0.15) is 0 Å². The van der Waals surface area contributed by atoms with Crippen LogP contribution in [-0.4, -0.2) is 23.8 Å². The lowest BCUT2D eigenvalue weighted by atomic mass is 9.95. The first kappa shape index (κ1) is 12.0. The summed E-state index contributed by atoms with van der Waals surface area (Å²) in [4.78, 5) is 0.